The van der Waals surface area contributed by atoms with Gasteiger partial charge in [0, 0.05) is 19.7 Å². The Bertz CT molecular complexity index is 864. The van der Waals surface area contributed by atoms with Crippen molar-refractivity contribution < 1.29 is 23.9 Å². The molecule has 2 aromatic carbocycles. The second-order valence-corrected chi connectivity index (χ2v) is 6.35. The Kier molecular flexibility index (Phi) is 7.90. The standard InChI is InChI=1S/C21H23N3O5/c1-24(2)19(26)12-22-18(25)14-29-20(27)13-23-21(28)17-10-8-16(9-11-17)15-6-4-3-5-7-15/h3-11H,12-14H2,1-2H3,(H,22,25)(H,23,28). The molecule has 0 radical (unpaired) electrons. The van der Waals surface area contributed by atoms with E-state index in [9.17, 15) is 19.2 Å². The summed E-state index contributed by atoms with van der Waals surface area (Å²) >= 11 is 0. The molecule has 0 aliphatic carbocycles. The van der Waals surface area contributed by atoms with Crippen LogP contribution in [0.5, 0.6) is 0 Å². The molecule has 0 fully saturated rings. The van der Waals surface area contributed by atoms with E-state index in [1.165, 1.54) is 4.90 Å². The van der Waals surface area contributed by atoms with Crippen LogP contribution in [0.25, 0.3) is 11.1 Å². The predicted octanol–water partition coefficient (Wildman–Crippen LogP) is 0.831. The molecule has 2 rings (SSSR count). The van der Waals surface area contributed by atoms with Crippen molar-refractivity contribution in [3.8, 4) is 11.1 Å². The quantitative estimate of drug-likeness (QED) is 0.642. The van der Waals surface area contributed by atoms with E-state index < -0.39 is 24.4 Å². The van der Waals surface area contributed by atoms with Crippen molar-refractivity contribution in [2.24, 2.45) is 0 Å². The number of likely N-dealkylation sites (N-methyl/N-ethyl adjacent to an activating group) is 1. The summed E-state index contributed by atoms with van der Waals surface area (Å²) in [5.74, 6) is -2.07. The summed E-state index contributed by atoms with van der Waals surface area (Å²) in [6, 6.07) is 16.7. The van der Waals surface area contributed by atoms with Gasteiger partial charge in [-0.05, 0) is 23.3 Å². The topological polar surface area (TPSA) is 105 Å². The molecule has 0 saturated carbocycles. The molecule has 8 heteroatoms. The first kappa shape index (κ1) is 21.6. The van der Waals surface area contributed by atoms with Gasteiger partial charge in [0.15, 0.2) is 6.61 Å². The maximum absolute atomic E-state index is 12.1. The van der Waals surface area contributed by atoms with Crippen molar-refractivity contribution in [1.82, 2.24) is 15.5 Å². The zero-order valence-corrected chi connectivity index (χ0v) is 16.3. The summed E-state index contributed by atoms with van der Waals surface area (Å²) in [6.07, 6.45) is 0. The van der Waals surface area contributed by atoms with Crippen LogP contribution in [0.2, 0.25) is 0 Å². The molecular formula is C21H23N3O5. The highest BCUT2D eigenvalue weighted by Gasteiger charge is 2.12. The second-order valence-electron chi connectivity index (χ2n) is 6.35. The molecule has 0 aliphatic rings. The van der Waals surface area contributed by atoms with E-state index in [0.717, 1.165) is 11.1 Å². The van der Waals surface area contributed by atoms with Crippen LogP contribution in [0.1, 0.15) is 10.4 Å². The Morgan fingerprint density at radius 2 is 1.45 bits per heavy atom. The highest BCUT2D eigenvalue weighted by Crippen LogP contribution is 2.19. The number of amides is 3. The number of esters is 1. The highest BCUT2D eigenvalue weighted by atomic mass is 16.5. The van der Waals surface area contributed by atoms with E-state index in [4.69, 9.17) is 4.74 Å². The van der Waals surface area contributed by atoms with Gasteiger partial charge in [-0.1, -0.05) is 42.5 Å². The molecule has 0 atom stereocenters. The lowest BCUT2D eigenvalue weighted by Gasteiger charge is -2.11. The maximum atomic E-state index is 12.1. The summed E-state index contributed by atoms with van der Waals surface area (Å²) in [7, 11) is 3.12. The summed E-state index contributed by atoms with van der Waals surface area (Å²) in [4.78, 5) is 48.0. The number of ether oxygens (including phenoxy) is 1. The van der Waals surface area contributed by atoms with Crippen molar-refractivity contribution in [2.75, 3.05) is 33.8 Å². The van der Waals surface area contributed by atoms with Gasteiger partial charge in [-0.25, -0.2) is 0 Å². The van der Waals surface area contributed by atoms with Crippen LogP contribution in [0.15, 0.2) is 54.6 Å². The van der Waals surface area contributed by atoms with E-state index in [2.05, 4.69) is 10.6 Å². The first-order chi connectivity index (χ1) is 13.9. The zero-order chi connectivity index (χ0) is 21.2. The third-order valence-corrected chi connectivity index (χ3v) is 3.95. The molecule has 3 amide bonds. The lowest BCUT2D eigenvalue weighted by molar-refractivity contribution is -0.147. The molecule has 0 heterocycles. The number of rotatable bonds is 8. The third-order valence-electron chi connectivity index (χ3n) is 3.95. The van der Waals surface area contributed by atoms with Gasteiger partial charge in [-0.15, -0.1) is 0 Å². The Labute approximate surface area is 168 Å². The van der Waals surface area contributed by atoms with Crippen LogP contribution in [0.3, 0.4) is 0 Å². The predicted molar refractivity (Wildman–Crippen MR) is 107 cm³/mol. The SMILES string of the molecule is CN(C)C(=O)CNC(=O)COC(=O)CNC(=O)c1ccc(-c2ccccc2)cc1. The average molecular weight is 397 g/mol. The van der Waals surface area contributed by atoms with E-state index >= 15 is 0 Å². The van der Waals surface area contributed by atoms with Crippen molar-refractivity contribution in [3.63, 3.8) is 0 Å². The number of benzene rings is 2. The number of carbonyl (C=O) groups is 4. The molecule has 0 saturated heterocycles. The Morgan fingerprint density at radius 3 is 2.07 bits per heavy atom. The molecule has 0 bridgehead atoms. The fraction of sp³-hybridized carbons (Fsp3) is 0.238. The second kappa shape index (κ2) is 10.6. The Hall–Kier alpha value is -3.68. The zero-order valence-electron chi connectivity index (χ0n) is 16.3. The van der Waals surface area contributed by atoms with Gasteiger partial charge in [-0.2, -0.15) is 0 Å². The molecule has 152 valence electrons. The molecular weight excluding hydrogens is 374 g/mol. The molecule has 2 aromatic rings. The van der Waals surface area contributed by atoms with Crippen LogP contribution in [0, 0.1) is 0 Å². The minimum Gasteiger partial charge on any atom is -0.454 e. The molecule has 0 aromatic heterocycles. The summed E-state index contributed by atoms with van der Waals surface area (Å²) < 4.78 is 4.77. The fourth-order valence-corrected chi connectivity index (χ4v) is 2.28. The average Bonchev–Trinajstić information content (AvgIpc) is 2.74. The largest absolute Gasteiger partial charge is 0.454 e. The lowest BCUT2D eigenvalue weighted by Crippen LogP contribution is -2.39. The number of nitrogens with one attached hydrogen (secondary N) is 2. The number of carbonyl (C=O) groups excluding carboxylic acids is 4. The summed E-state index contributed by atoms with van der Waals surface area (Å²) in [5, 5.41) is 4.77. The molecule has 8 nitrogen and oxygen atoms in total. The minimum atomic E-state index is -0.756. The monoisotopic (exact) mass is 397 g/mol. The Morgan fingerprint density at radius 1 is 0.828 bits per heavy atom. The number of nitrogens with zero attached hydrogens (tertiary/aromatic N) is 1. The third kappa shape index (κ3) is 7.10. The van der Waals surface area contributed by atoms with Crippen molar-refractivity contribution in [2.45, 2.75) is 0 Å². The first-order valence-electron chi connectivity index (χ1n) is 8.93. The van der Waals surface area contributed by atoms with Gasteiger partial charge < -0.3 is 20.3 Å². The molecule has 0 spiro atoms. The number of hydrogen-bond acceptors (Lipinski definition) is 5. The molecule has 2 N–H and O–H groups in total. The van der Waals surface area contributed by atoms with Crippen molar-refractivity contribution in [1.29, 1.82) is 0 Å². The summed E-state index contributed by atoms with van der Waals surface area (Å²) in [6.45, 7) is -1.08. The van der Waals surface area contributed by atoms with Crippen LogP contribution >= 0.6 is 0 Å². The normalized spacial score (nSPS) is 10.0. The van der Waals surface area contributed by atoms with Gasteiger partial charge in [0.05, 0.1) is 6.54 Å². The van der Waals surface area contributed by atoms with Crippen LogP contribution in [-0.2, 0) is 19.1 Å². The van der Waals surface area contributed by atoms with Crippen molar-refractivity contribution >= 4 is 23.7 Å². The minimum absolute atomic E-state index is 0.181. The lowest BCUT2D eigenvalue weighted by atomic mass is 10.0. The smallest absolute Gasteiger partial charge is 0.325 e. The van der Waals surface area contributed by atoms with E-state index in [1.54, 1.807) is 26.2 Å². The van der Waals surface area contributed by atoms with Gasteiger partial charge >= 0.3 is 5.97 Å². The van der Waals surface area contributed by atoms with Gasteiger partial charge in [0.2, 0.25) is 5.91 Å². The van der Waals surface area contributed by atoms with Gasteiger partial charge in [-0.3, -0.25) is 19.2 Å². The first-order valence-corrected chi connectivity index (χ1v) is 8.93. The van der Waals surface area contributed by atoms with Gasteiger partial charge in [0.25, 0.3) is 11.8 Å². The number of hydrogen-bond donors (Lipinski definition) is 2. The summed E-state index contributed by atoms with van der Waals surface area (Å²) in [5.41, 5.74) is 2.41. The fourth-order valence-electron chi connectivity index (χ4n) is 2.28. The van der Waals surface area contributed by atoms with E-state index in [0.29, 0.717) is 5.56 Å². The molecule has 0 aliphatic heterocycles. The maximum Gasteiger partial charge on any atom is 0.325 e. The van der Waals surface area contributed by atoms with Crippen LogP contribution in [0.4, 0.5) is 0 Å². The van der Waals surface area contributed by atoms with Crippen LogP contribution in [-0.4, -0.2) is 62.4 Å². The highest BCUT2D eigenvalue weighted by molar-refractivity contribution is 5.96. The van der Waals surface area contributed by atoms with E-state index in [-0.39, 0.29) is 19.0 Å². The van der Waals surface area contributed by atoms with Crippen LogP contribution < -0.4 is 10.6 Å². The molecule has 0 unspecified atom stereocenters. The van der Waals surface area contributed by atoms with Gasteiger partial charge in [0.1, 0.15) is 6.54 Å². The van der Waals surface area contributed by atoms with Crippen molar-refractivity contribution in [3.05, 3.63) is 60.2 Å². The molecule has 29 heavy (non-hydrogen) atoms. The Balaban J connectivity index is 1.73. The van der Waals surface area contributed by atoms with E-state index in [1.807, 2.05) is 42.5 Å².